The average Bonchev–Trinajstić information content (AvgIpc) is 3.25. The summed E-state index contributed by atoms with van der Waals surface area (Å²) >= 11 is 0. The minimum Gasteiger partial charge on any atom is -0.378 e. The molecule has 0 fully saturated rings. The van der Waals surface area contributed by atoms with Crippen molar-refractivity contribution in [2.75, 3.05) is 13.2 Å². The second kappa shape index (κ2) is 9.01. The number of hydrogen-bond acceptors (Lipinski definition) is 3. The Bertz CT molecular complexity index is 720. The monoisotopic (exact) mass is 365 g/mol. The van der Waals surface area contributed by atoms with E-state index in [9.17, 15) is 0 Å². The summed E-state index contributed by atoms with van der Waals surface area (Å²) in [6.07, 6.45) is 8.29. The SMILES string of the molecule is N[C@H]1c2ccccc2C[C@H]1OCCCCCCOC1Cc2ccccc2C1. The van der Waals surface area contributed by atoms with Crippen molar-refractivity contribution in [3.8, 4) is 0 Å². The van der Waals surface area contributed by atoms with Gasteiger partial charge in [0.05, 0.1) is 18.2 Å². The molecule has 0 radical (unpaired) electrons. The van der Waals surface area contributed by atoms with E-state index in [1.165, 1.54) is 35.1 Å². The molecule has 27 heavy (non-hydrogen) atoms. The number of fused-ring (bicyclic) bond motifs is 2. The van der Waals surface area contributed by atoms with E-state index in [1.54, 1.807) is 0 Å². The van der Waals surface area contributed by atoms with Crippen molar-refractivity contribution in [1.29, 1.82) is 0 Å². The molecule has 2 aromatic rings. The lowest BCUT2D eigenvalue weighted by Crippen LogP contribution is -2.25. The minimum atomic E-state index is 0.0325. The molecule has 144 valence electrons. The Kier molecular flexibility index (Phi) is 6.23. The highest BCUT2D eigenvalue weighted by molar-refractivity contribution is 5.36. The maximum atomic E-state index is 6.32. The number of hydrogen-bond donors (Lipinski definition) is 1. The minimum absolute atomic E-state index is 0.0325. The van der Waals surface area contributed by atoms with Crippen LogP contribution in [0.4, 0.5) is 0 Å². The van der Waals surface area contributed by atoms with E-state index in [0.29, 0.717) is 6.10 Å². The van der Waals surface area contributed by atoms with Gasteiger partial charge in [0.25, 0.3) is 0 Å². The number of nitrogens with two attached hydrogens (primary N) is 1. The summed E-state index contributed by atoms with van der Waals surface area (Å²) in [5.41, 5.74) is 11.9. The molecule has 0 unspecified atom stereocenters. The van der Waals surface area contributed by atoms with Crippen molar-refractivity contribution in [3.05, 3.63) is 70.8 Å². The molecule has 2 aliphatic rings. The largest absolute Gasteiger partial charge is 0.378 e. The van der Waals surface area contributed by atoms with Crippen LogP contribution in [0.3, 0.4) is 0 Å². The Hall–Kier alpha value is -1.68. The van der Waals surface area contributed by atoms with Crippen LogP contribution < -0.4 is 5.73 Å². The van der Waals surface area contributed by atoms with E-state index in [2.05, 4.69) is 48.5 Å². The molecule has 0 amide bonds. The summed E-state index contributed by atoms with van der Waals surface area (Å²) in [4.78, 5) is 0. The Morgan fingerprint density at radius 3 is 1.96 bits per heavy atom. The molecular weight excluding hydrogens is 334 g/mol. The van der Waals surface area contributed by atoms with Gasteiger partial charge in [0.1, 0.15) is 0 Å². The van der Waals surface area contributed by atoms with Gasteiger partial charge < -0.3 is 15.2 Å². The smallest absolute Gasteiger partial charge is 0.0808 e. The number of unbranched alkanes of at least 4 members (excludes halogenated alkanes) is 3. The van der Waals surface area contributed by atoms with Crippen molar-refractivity contribution >= 4 is 0 Å². The molecule has 0 bridgehead atoms. The fourth-order valence-electron chi connectivity index (χ4n) is 4.43. The molecule has 2 atom stereocenters. The zero-order valence-corrected chi connectivity index (χ0v) is 16.1. The van der Waals surface area contributed by atoms with Gasteiger partial charge in [0, 0.05) is 19.6 Å². The van der Waals surface area contributed by atoms with Crippen molar-refractivity contribution in [3.63, 3.8) is 0 Å². The quantitative estimate of drug-likeness (QED) is 0.671. The van der Waals surface area contributed by atoms with Crippen LogP contribution in [0, 0.1) is 0 Å². The molecule has 0 saturated heterocycles. The Labute approximate surface area is 162 Å². The van der Waals surface area contributed by atoms with Gasteiger partial charge in [-0.2, -0.15) is 0 Å². The molecule has 4 rings (SSSR count). The molecule has 2 aliphatic carbocycles. The van der Waals surface area contributed by atoms with Crippen LogP contribution in [0.15, 0.2) is 48.5 Å². The van der Waals surface area contributed by atoms with E-state index in [0.717, 1.165) is 45.3 Å². The van der Waals surface area contributed by atoms with Gasteiger partial charge in [-0.05, 0) is 47.9 Å². The van der Waals surface area contributed by atoms with Gasteiger partial charge in [0.2, 0.25) is 0 Å². The molecular formula is C24H31NO2. The van der Waals surface area contributed by atoms with Crippen molar-refractivity contribution < 1.29 is 9.47 Å². The summed E-state index contributed by atoms with van der Waals surface area (Å²) in [6, 6.07) is 17.2. The summed E-state index contributed by atoms with van der Waals surface area (Å²) < 4.78 is 12.1. The highest BCUT2D eigenvalue weighted by atomic mass is 16.5. The third-order valence-corrected chi connectivity index (χ3v) is 5.97. The summed E-state index contributed by atoms with van der Waals surface area (Å²) in [5.74, 6) is 0. The summed E-state index contributed by atoms with van der Waals surface area (Å²) in [6.45, 7) is 1.69. The lowest BCUT2D eigenvalue weighted by Gasteiger charge is -2.17. The molecule has 0 saturated carbocycles. The molecule has 3 heteroatoms. The second-order valence-electron chi connectivity index (χ2n) is 7.92. The third-order valence-electron chi connectivity index (χ3n) is 5.97. The zero-order valence-electron chi connectivity index (χ0n) is 16.1. The molecule has 0 spiro atoms. The van der Waals surface area contributed by atoms with Crippen LogP contribution in [0.2, 0.25) is 0 Å². The van der Waals surface area contributed by atoms with Crippen LogP contribution in [-0.4, -0.2) is 25.4 Å². The summed E-state index contributed by atoms with van der Waals surface area (Å²) in [5, 5.41) is 0. The van der Waals surface area contributed by atoms with E-state index in [4.69, 9.17) is 15.2 Å². The Balaban J connectivity index is 1.04. The third kappa shape index (κ3) is 4.60. The van der Waals surface area contributed by atoms with Gasteiger partial charge in [-0.15, -0.1) is 0 Å². The normalized spacial score (nSPS) is 21.4. The van der Waals surface area contributed by atoms with Crippen LogP contribution >= 0.6 is 0 Å². The van der Waals surface area contributed by atoms with Crippen LogP contribution in [0.5, 0.6) is 0 Å². The molecule has 0 aliphatic heterocycles. The summed E-state index contributed by atoms with van der Waals surface area (Å²) in [7, 11) is 0. The first-order chi connectivity index (χ1) is 13.3. The molecule has 0 heterocycles. The average molecular weight is 366 g/mol. The van der Waals surface area contributed by atoms with Gasteiger partial charge in [-0.3, -0.25) is 0 Å². The zero-order chi connectivity index (χ0) is 18.5. The molecule has 3 nitrogen and oxygen atoms in total. The van der Waals surface area contributed by atoms with Gasteiger partial charge in [0.15, 0.2) is 0 Å². The maximum Gasteiger partial charge on any atom is 0.0808 e. The predicted octanol–water partition coefficient (Wildman–Crippen LogP) is 4.37. The van der Waals surface area contributed by atoms with Crippen molar-refractivity contribution in [2.45, 2.75) is 63.2 Å². The highest BCUT2D eigenvalue weighted by Gasteiger charge is 2.29. The lowest BCUT2D eigenvalue weighted by molar-refractivity contribution is 0.0393. The van der Waals surface area contributed by atoms with Gasteiger partial charge in [-0.1, -0.05) is 61.4 Å². The number of benzene rings is 2. The first-order valence-corrected chi connectivity index (χ1v) is 10.4. The second-order valence-corrected chi connectivity index (χ2v) is 7.92. The highest BCUT2D eigenvalue weighted by Crippen LogP contribution is 2.31. The van der Waals surface area contributed by atoms with E-state index >= 15 is 0 Å². The van der Waals surface area contributed by atoms with E-state index < -0.39 is 0 Å². The standard InChI is InChI=1S/C24H31NO2/c25-24-22-12-6-5-11-20(22)17-23(24)27-14-8-2-1-7-13-26-21-15-18-9-3-4-10-19(18)16-21/h3-6,9-12,21,23-24H,1-2,7-8,13-17,25H2/t23-,24+/m1/s1. The lowest BCUT2D eigenvalue weighted by atomic mass is 10.1. The molecule has 0 aromatic heterocycles. The van der Waals surface area contributed by atoms with Gasteiger partial charge >= 0.3 is 0 Å². The van der Waals surface area contributed by atoms with Crippen LogP contribution in [0.25, 0.3) is 0 Å². The Morgan fingerprint density at radius 2 is 1.30 bits per heavy atom. The van der Waals surface area contributed by atoms with E-state index in [1.807, 2.05) is 0 Å². The van der Waals surface area contributed by atoms with E-state index in [-0.39, 0.29) is 12.1 Å². The van der Waals surface area contributed by atoms with Gasteiger partial charge in [-0.25, -0.2) is 0 Å². The number of ether oxygens (including phenoxy) is 2. The van der Waals surface area contributed by atoms with Crippen molar-refractivity contribution in [2.24, 2.45) is 5.73 Å². The fraction of sp³-hybridized carbons (Fsp3) is 0.500. The van der Waals surface area contributed by atoms with Crippen LogP contribution in [-0.2, 0) is 28.7 Å². The predicted molar refractivity (Wildman–Crippen MR) is 109 cm³/mol. The topological polar surface area (TPSA) is 44.5 Å². The fourth-order valence-corrected chi connectivity index (χ4v) is 4.43. The van der Waals surface area contributed by atoms with Crippen molar-refractivity contribution in [1.82, 2.24) is 0 Å². The molecule has 2 aromatic carbocycles. The molecule has 2 N–H and O–H groups in total. The first kappa shape index (κ1) is 18.7. The Morgan fingerprint density at radius 1 is 0.704 bits per heavy atom. The maximum absolute atomic E-state index is 6.32. The first-order valence-electron chi connectivity index (χ1n) is 10.4. The number of rotatable bonds is 9. The van der Waals surface area contributed by atoms with Crippen LogP contribution in [0.1, 0.15) is 54.0 Å².